The fourth-order valence-electron chi connectivity index (χ4n) is 1.71. The molecule has 0 radical (unpaired) electrons. The molecule has 0 aromatic rings. The maximum atomic E-state index is 11.0. The first kappa shape index (κ1) is 17.6. The van der Waals surface area contributed by atoms with Crippen molar-refractivity contribution in [2.45, 2.75) is 46.5 Å². The Morgan fingerprint density at radius 1 is 0.882 bits per heavy atom. The van der Waals surface area contributed by atoms with Gasteiger partial charge in [-0.2, -0.15) is 0 Å². The van der Waals surface area contributed by atoms with E-state index in [0.29, 0.717) is 12.8 Å². The molecule has 4 nitrogen and oxygen atoms in total. The van der Waals surface area contributed by atoms with Crippen LogP contribution in [0.3, 0.4) is 0 Å². The Hall–Kier alpha value is 0.576. The van der Waals surface area contributed by atoms with Gasteiger partial charge in [0.15, 0.2) is 0 Å². The van der Waals surface area contributed by atoms with Crippen LogP contribution in [0.15, 0.2) is 0 Å². The van der Waals surface area contributed by atoms with Gasteiger partial charge in [-0.05, 0) is 0 Å². The first-order valence-electron chi connectivity index (χ1n) is 5.55. The van der Waals surface area contributed by atoms with Crippen LogP contribution in [0.5, 0.6) is 0 Å². The average molecular weight is 462 g/mol. The van der Waals surface area contributed by atoms with Crippen LogP contribution in [0.2, 0.25) is 27.2 Å². The van der Waals surface area contributed by atoms with Crippen molar-refractivity contribution in [3.05, 3.63) is 0 Å². The predicted octanol–water partition coefficient (Wildman–Crippen LogP) is 2.58. The Kier molecular flexibility index (Phi) is 8.93. The number of hydrogen-bond acceptors (Lipinski definition) is 2. The number of rotatable bonds is 8. The summed E-state index contributed by atoms with van der Waals surface area (Å²) in [7, 11) is 0. The van der Waals surface area contributed by atoms with E-state index in [1.165, 1.54) is 0 Å². The van der Waals surface area contributed by atoms with E-state index in [-0.39, 0.29) is 7.73 Å². The van der Waals surface area contributed by atoms with Crippen molar-refractivity contribution in [1.29, 1.82) is 0 Å². The second kappa shape index (κ2) is 8.64. The summed E-state index contributed by atoms with van der Waals surface area (Å²) in [5.41, 5.74) is 0. The van der Waals surface area contributed by atoms with Gasteiger partial charge in [-0.3, -0.25) is 0 Å². The fourth-order valence-corrected chi connectivity index (χ4v) is 8.22. The standard InChI is InChI=1S/C7H10O4.4CH3.2Sb/c8-6(9)4-2-1-3-5-7(10)11;;;;;;/h4-5H,1-3H2,(H,8,9)(H,10,11);4*1H3;;. The van der Waals surface area contributed by atoms with Gasteiger partial charge >= 0.3 is 119 Å². The summed E-state index contributed by atoms with van der Waals surface area (Å²) < 4.78 is -0.321. The first-order valence-corrected chi connectivity index (χ1v) is 18.7. The predicted molar refractivity (Wildman–Crippen MR) is 71.6 cm³/mol. The molecule has 0 aromatic heterocycles. The van der Waals surface area contributed by atoms with Crippen LogP contribution >= 0.6 is 0 Å². The minimum atomic E-state index is -1.60. The zero-order valence-electron chi connectivity index (χ0n) is 10.9. The summed E-state index contributed by atoms with van der Waals surface area (Å²) in [6, 6.07) is 0. The third-order valence-corrected chi connectivity index (χ3v) is 12.6. The summed E-state index contributed by atoms with van der Waals surface area (Å²) in [4.78, 5) is 30.4. The Bertz CT molecular complexity index is 240. The second-order valence-corrected chi connectivity index (χ2v) is 19.1. The van der Waals surface area contributed by atoms with Crippen LogP contribution < -0.4 is 0 Å². The molecule has 100 valence electrons. The fraction of sp³-hybridized carbons (Fsp3) is 0.818. The molecular weight excluding hydrogens is 440 g/mol. The van der Waals surface area contributed by atoms with Gasteiger partial charge in [0.25, 0.3) is 0 Å². The molecule has 0 saturated heterocycles. The van der Waals surface area contributed by atoms with Crippen LogP contribution in [-0.4, -0.2) is 62.6 Å². The maximum absolute atomic E-state index is 11.0. The molecule has 17 heavy (non-hydrogen) atoms. The number of hydrogen-bond donors (Lipinski definition) is 2. The van der Waals surface area contributed by atoms with Crippen LogP contribution in [0.25, 0.3) is 0 Å². The van der Waals surface area contributed by atoms with E-state index in [1.54, 1.807) is 0 Å². The molecule has 2 unspecified atom stereocenters. The van der Waals surface area contributed by atoms with Gasteiger partial charge in [-0.15, -0.1) is 0 Å². The Morgan fingerprint density at radius 3 is 1.35 bits per heavy atom. The van der Waals surface area contributed by atoms with Gasteiger partial charge < -0.3 is 0 Å². The van der Waals surface area contributed by atoms with E-state index in [1.807, 2.05) is 0 Å². The van der Waals surface area contributed by atoms with Crippen LogP contribution in [0.1, 0.15) is 19.3 Å². The molecule has 0 fully saturated rings. The topological polar surface area (TPSA) is 74.6 Å². The van der Waals surface area contributed by atoms with E-state index >= 15 is 0 Å². The van der Waals surface area contributed by atoms with E-state index in [4.69, 9.17) is 10.2 Å². The summed E-state index contributed by atoms with van der Waals surface area (Å²) in [6.07, 6.45) is 2.09. The molecule has 0 aliphatic rings. The second-order valence-electron chi connectivity index (χ2n) is 4.57. The van der Waals surface area contributed by atoms with E-state index in [0.717, 1.165) is 6.42 Å². The van der Waals surface area contributed by atoms with E-state index in [2.05, 4.69) is 19.5 Å². The SMILES string of the molecule is [CH3][Sb]([CH3])[CH](CCC[CH](C(=O)O)[Sb]([CH3])[CH3])C(=O)O. The summed E-state index contributed by atoms with van der Waals surface area (Å²) in [5.74, 6) is -1.37. The number of aliphatic carboxylic acids is 2. The van der Waals surface area contributed by atoms with Gasteiger partial charge in [0.1, 0.15) is 0 Å². The molecule has 0 aliphatic carbocycles. The summed E-state index contributed by atoms with van der Waals surface area (Å²) >= 11 is -3.20. The van der Waals surface area contributed by atoms with Crippen molar-refractivity contribution in [2.75, 3.05) is 0 Å². The Balaban J connectivity index is 4.19. The summed E-state index contributed by atoms with van der Waals surface area (Å²) in [5, 5.41) is 18.1. The van der Waals surface area contributed by atoms with Crippen LogP contribution in [0, 0.1) is 0 Å². The van der Waals surface area contributed by atoms with Crippen LogP contribution in [0.4, 0.5) is 0 Å². The number of carboxylic acid groups (broad SMARTS) is 2. The van der Waals surface area contributed by atoms with Crippen molar-refractivity contribution in [3.63, 3.8) is 0 Å². The zero-order valence-corrected chi connectivity index (χ0v) is 16.0. The first-order chi connectivity index (χ1) is 7.77. The Labute approximate surface area is 118 Å². The average Bonchev–Trinajstić information content (AvgIpc) is 2.14. The third kappa shape index (κ3) is 6.91. The monoisotopic (exact) mass is 460 g/mol. The van der Waals surface area contributed by atoms with Crippen molar-refractivity contribution in [3.8, 4) is 0 Å². The van der Waals surface area contributed by atoms with Crippen molar-refractivity contribution >= 4 is 52.4 Å². The van der Waals surface area contributed by atoms with Gasteiger partial charge in [0, 0.05) is 0 Å². The molecule has 2 atom stereocenters. The van der Waals surface area contributed by atoms with Gasteiger partial charge in [0.2, 0.25) is 0 Å². The molecule has 6 heteroatoms. The zero-order chi connectivity index (χ0) is 13.6. The van der Waals surface area contributed by atoms with Crippen molar-refractivity contribution in [2.24, 2.45) is 0 Å². The molecule has 0 aromatic carbocycles. The molecule has 2 N–H and O–H groups in total. The molecule has 0 spiro atoms. The molecule has 0 bridgehead atoms. The molecule has 0 aliphatic heterocycles. The quantitative estimate of drug-likeness (QED) is 0.545. The third-order valence-electron chi connectivity index (χ3n) is 2.77. The summed E-state index contributed by atoms with van der Waals surface area (Å²) in [6.45, 7) is 0. The molecular formula is C11H22O4Sb2. The van der Waals surface area contributed by atoms with Gasteiger partial charge in [0.05, 0.1) is 0 Å². The van der Waals surface area contributed by atoms with Gasteiger partial charge in [-0.1, -0.05) is 0 Å². The normalized spacial score (nSPS) is 14.9. The molecule has 0 saturated carbocycles. The van der Waals surface area contributed by atoms with E-state index in [9.17, 15) is 9.59 Å². The van der Waals surface area contributed by atoms with Gasteiger partial charge in [-0.25, -0.2) is 0 Å². The minimum absolute atomic E-state index is 0.161. The Morgan fingerprint density at radius 2 is 1.18 bits per heavy atom. The van der Waals surface area contributed by atoms with Crippen molar-refractivity contribution < 1.29 is 19.8 Å². The van der Waals surface area contributed by atoms with Crippen LogP contribution in [-0.2, 0) is 9.59 Å². The number of carboxylic acids is 2. The van der Waals surface area contributed by atoms with E-state index < -0.39 is 52.4 Å². The molecule has 0 amide bonds. The molecule has 0 rings (SSSR count). The molecule has 0 heterocycles. The van der Waals surface area contributed by atoms with Crippen molar-refractivity contribution in [1.82, 2.24) is 0 Å². The number of carbonyl (C=O) groups is 2.